The van der Waals surface area contributed by atoms with Crippen LogP contribution in [0, 0.1) is 0 Å². The lowest BCUT2D eigenvalue weighted by molar-refractivity contribution is -0.274. The van der Waals surface area contributed by atoms with E-state index in [-0.39, 0.29) is 17.0 Å². The number of amides is 2. The number of ether oxygens (including phenoxy) is 2. The van der Waals surface area contributed by atoms with Crippen molar-refractivity contribution in [1.29, 1.82) is 0 Å². The minimum absolute atomic E-state index is 0.170. The van der Waals surface area contributed by atoms with Crippen LogP contribution >= 0.6 is 0 Å². The predicted molar refractivity (Wildman–Crippen MR) is 123 cm³/mol. The van der Waals surface area contributed by atoms with Gasteiger partial charge in [0.15, 0.2) is 6.61 Å². The van der Waals surface area contributed by atoms with E-state index in [1.165, 1.54) is 58.0 Å². The fourth-order valence-electron chi connectivity index (χ4n) is 3.19. The number of halogens is 6. The van der Waals surface area contributed by atoms with Crippen LogP contribution < -0.4 is 14.8 Å². The Morgan fingerprint density at radius 1 is 1.08 bits per heavy atom. The number of para-hydroxylation sites is 1. The van der Waals surface area contributed by atoms with E-state index in [0.717, 1.165) is 18.3 Å². The highest BCUT2D eigenvalue weighted by Gasteiger charge is 2.35. The summed E-state index contributed by atoms with van der Waals surface area (Å²) in [7, 11) is 0. The fraction of sp³-hybridized carbons (Fsp3) is 0.375. The Kier molecular flexibility index (Phi) is 9.24. The molecule has 0 fully saturated rings. The number of rotatable bonds is 8. The molecule has 14 heteroatoms. The standard InChI is InChI=1S/C24H25F6N3O5/c1-14(17-10-9-16(12-31-17)37-13-23(25,26)27)32-20(34)18(33(21(35)36)22(2,3)4)11-15-7-5-6-8-19(15)38-24(28,29)30/h5-12,14H,13H2,1-4H3,(H,32,34)(H,35,36)/t14-/m1/s1. The van der Waals surface area contributed by atoms with E-state index >= 15 is 0 Å². The van der Waals surface area contributed by atoms with Gasteiger partial charge in [-0.1, -0.05) is 18.2 Å². The molecule has 38 heavy (non-hydrogen) atoms. The van der Waals surface area contributed by atoms with Crippen LogP contribution in [-0.4, -0.2) is 51.7 Å². The molecule has 208 valence electrons. The highest BCUT2D eigenvalue weighted by Crippen LogP contribution is 2.30. The Morgan fingerprint density at radius 2 is 1.71 bits per heavy atom. The van der Waals surface area contributed by atoms with Crippen LogP contribution in [0.2, 0.25) is 0 Å². The predicted octanol–water partition coefficient (Wildman–Crippen LogP) is 5.92. The van der Waals surface area contributed by atoms with Crippen molar-refractivity contribution in [3.63, 3.8) is 0 Å². The highest BCUT2D eigenvalue weighted by molar-refractivity contribution is 6.01. The van der Waals surface area contributed by atoms with Gasteiger partial charge < -0.3 is 19.9 Å². The molecular weight excluding hydrogens is 524 g/mol. The van der Waals surface area contributed by atoms with Gasteiger partial charge in [0.2, 0.25) is 0 Å². The Bertz CT molecular complexity index is 1160. The Balaban J connectivity index is 2.41. The number of hydrogen-bond acceptors (Lipinski definition) is 5. The molecule has 8 nitrogen and oxygen atoms in total. The molecule has 1 atom stereocenters. The van der Waals surface area contributed by atoms with Crippen LogP contribution in [-0.2, 0) is 4.79 Å². The van der Waals surface area contributed by atoms with E-state index in [1.807, 2.05) is 0 Å². The zero-order chi connectivity index (χ0) is 28.9. The Hall–Kier alpha value is -3.97. The molecule has 0 aliphatic rings. The second kappa shape index (κ2) is 11.6. The maximum Gasteiger partial charge on any atom is 0.573 e. The molecule has 0 unspecified atom stereocenters. The molecule has 0 spiro atoms. The SMILES string of the molecule is C[C@@H](NC(=O)C(=Cc1ccccc1OC(F)(F)F)N(C(=O)O)C(C)(C)C)c1ccc(OCC(F)(F)F)cn1. The molecule has 2 aromatic rings. The van der Waals surface area contributed by atoms with Crippen molar-refractivity contribution in [2.75, 3.05) is 6.61 Å². The molecule has 0 aliphatic carbocycles. The third kappa shape index (κ3) is 9.16. The lowest BCUT2D eigenvalue weighted by Gasteiger charge is -2.34. The first-order chi connectivity index (χ1) is 17.4. The summed E-state index contributed by atoms with van der Waals surface area (Å²) in [6, 6.07) is 6.48. The first-order valence-corrected chi connectivity index (χ1v) is 10.9. The zero-order valence-corrected chi connectivity index (χ0v) is 20.6. The smallest absolute Gasteiger partial charge is 0.483 e. The second-order valence-electron chi connectivity index (χ2n) is 8.92. The van der Waals surface area contributed by atoms with Crippen LogP contribution in [0.5, 0.6) is 11.5 Å². The minimum Gasteiger partial charge on any atom is -0.483 e. The molecule has 1 heterocycles. The molecule has 1 aromatic heterocycles. The van der Waals surface area contributed by atoms with Gasteiger partial charge in [-0.3, -0.25) is 14.7 Å². The average molecular weight is 549 g/mol. The van der Waals surface area contributed by atoms with Gasteiger partial charge in [-0.2, -0.15) is 13.2 Å². The normalized spacial score (nSPS) is 13.5. The summed E-state index contributed by atoms with van der Waals surface area (Å²) < 4.78 is 84.2. The largest absolute Gasteiger partial charge is 0.573 e. The molecule has 0 saturated heterocycles. The minimum atomic E-state index is -5.04. The third-order valence-electron chi connectivity index (χ3n) is 4.73. The van der Waals surface area contributed by atoms with E-state index < -0.39 is 54.2 Å². The van der Waals surface area contributed by atoms with Crippen molar-refractivity contribution in [2.24, 2.45) is 0 Å². The molecular formula is C24H25F6N3O5. The quantitative estimate of drug-likeness (QED) is 0.313. The van der Waals surface area contributed by atoms with Crippen molar-refractivity contribution in [2.45, 2.75) is 51.8 Å². The van der Waals surface area contributed by atoms with Gasteiger partial charge in [0.1, 0.15) is 17.2 Å². The summed E-state index contributed by atoms with van der Waals surface area (Å²) in [5.74, 6) is -1.80. The van der Waals surface area contributed by atoms with E-state index in [0.29, 0.717) is 4.90 Å². The average Bonchev–Trinajstić information content (AvgIpc) is 2.76. The number of hydrogen-bond donors (Lipinski definition) is 2. The number of aromatic nitrogens is 1. The van der Waals surface area contributed by atoms with Crippen LogP contribution in [0.3, 0.4) is 0 Å². The van der Waals surface area contributed by atoms with E-state index in [4.69, 9.17) is 0 Å². The second-order valence-corrected chi connectivity index (χ2v) is 8.92. The number of carbonyl (C=O) groups is 2. The van der Waals surface area contributed by atoms with Crippen LogP contribution in [0.1, 0.15) is 45.0 Å². The molecule has 2 amide bonds. The molecule has 0 saturated carbocycles. The van der Waals surface area contributed by atoms with Gasteiger partial charge in [-0.15, -0.1) is 13.2 Å². The summed E-state index contributed by atoms with van der Waals surface area (Å²) in [5, 5.41) is 12.3. The Labute approximate surface area is 213 Å². The van der Waals surface area contributed by atoms with E-state index in [9.17, 15) is 41.0 Å². The summed E-state index contributed by atoms with van der Waals surface area (Å²) in [6.45, 7) is 4.38. The van der Waals surface area contributed by atoms with Gasteiger partial charge in [0, 0.05) is 11.1 Å². The molecule has 0 radical (unpaired) electrons. The molecule has 0 aliphatic heterocycles. The number of alkyl halides is 6. The number of carboxylic acid groups (broad SMARTS) is 1. The van der Waals surface area contributed by atoms with Crippen LogP contribution in [0.25, 0.3) is 6.08 Å². The third-order valence-corrected chi connectivity index (χ3v) is 4.73. The number of carbonyl (C=O) groups excluding carboxylic acids is 1. The van der Waals surface area contributed by atoms with Gasteiger partial charge in [-0.25, -0.2) is 4.79 Å². The van der Waals surface area contributed by atoms with Gasteiger partial charge >= 0.3 is 18.6 Å². The van der Waals surface area contributed by atoms with Crippen molar-refractivity contribution >= 4 is 18.1 Å². The van der Waals surface area contributed by atoms with Crippen LogP contribution in [0.15, 0.2) is 48.3 Å². The topological polar surface area (TPSA) is 101 Å². The molecule has 0 bridgehead atoms. The van der Waals surface area contributed by atoms with E-state index in [1.54, 1.807) is 0 Å². The first-order valence-electron chi connectivity index (χ1n) is 10.9. The maximum atomic E-state index is 13.3. The summed E-state index contributed by atoms with van der Waals surface area (Å²) in [4.78, 5) is 30.0. The van der Waals surface area contributed by atoms with Gasteiger partial charge in [0.05, 0.1) is 17.9 Å². The molecule has 2 N–H and O–H groups in total. The van der Waals surface area contributed by atoms with Crippen molar-refractivity contribution in [3.8, 4) is 11.5 Å². The summed E-state index contributed by atoms with van der Waals surface area (Å²) in [6.07, 6.45) is -9.17. The van der Waals surface area contributed by atoms with Gasteiger partial charge in [-0.05, 0) is 52.0 Å². The van der Waals surface area contributed by atoms with Crippen LogP contribution in [0.4, 0.5) is 31.1 Å². The monoisotopic (exact) mass is 549 g/mol. The first kappa shape index (κ1) is 30.3. The zero-order valence-electron chi connectivity index (χ0n) is 20.6. The number of nitrogens with one attached hydrogen (secondary N) is 1. The fourth-order valence-corrected chi connectivity index (χ4v) is 3.19. The van der Waals surface area contributed by atoms with Crippen molar-refractivity contribution < 1.29 is 50.5 Å². The number of nitrogens with zero attached hydrogens (tertiary/aromatic N) is 2. The number of benzene rings is 1. The van der Waals surface area contributed by atoms with Crippen molar-refractivity contribution in [1.82, 2.24) is 15.2 Å². The lowest BCUT2D eigenvalue weighted by Crippen LogP contribution is -2.48. The number of pyridine rings is 1. The maximum absolute atomic E-state index is 13.3. The Morgan fingerprint density at radius 3 is 2.21 bits per heavy atom. The summed E-state index contributed by atoms with van der Waals surface area (Å²) >= 11 is 0. The molecule has 1 aromatic carbocycles. The van der Waals surface area contributed by atoms with Crippen molar-refractivity contribution in [3.05, 3.63) is 59.5 Å². The van der Waals surface area contributed by atoms with Gasteiger partial charge in [0.25, 0.3) is 5.91 Å². The molecule has 2 rings (SSSR count). The van der Waals surface area contributed by atoms with E-state index in [2.05, 4.69) is 19.8 Å². The summed E-state index contributed by atoms with van der Waals surface area (Å²) in [5.41, 5.74) is -1.74. The lowest BCUT2D eigenvalue weighted by atomic mass is 10.0. The highest BCUT2D eigenvalue weighted by atomic mass is 19.4.